The monoisotopic (exact) mass is 568 g/mol. The number of nitrogens with one attached hydrogen (secondary N) is 1. The fourth-order valence-electron chi connectivity index (χ4n) is 3.68. The average molecular weight is 570 g/mol. The molecule has 6 nitrogen and oxygen atoms in total. The summed E-state index contributed by atoms with van der Waals surface area (Å²) in [4.78, 5) is 12.6. The molecule has 4 aromatic carbocycles. The summed E-state index contributed by atoms with van der Waals surface area (Å²) in [5.74, 6) is 0.0802. The molecule has 38 heavy (non-hydrogen) atoms. The first-order valence-electron chi connectivity index (χ1n) is 11.7. The van der Waals surface area contributed by atoms with Crippen LogP contribution in [0.1, 0.15) is 16.7 Å². The van der Waals surface area contributed by atoms with Crippen LogP contribution in [0.2, 0.25) is 10.0 Å². The van der Waals surface area contributed by atoms with Crippen LogP contribution in [0.4, 0.5) is 11.4 Å². The van der Waals surface area contributed by atoms with Crippen molar-refractivity contribution in [3.63, 3.8) is 0 Å². The van der Waals surface area contributed by atoms with Gasteiger partial charge in [-0.1, -0.05) is 59.1 Å². The first-order chi connectivity index (χ1) is 18.1. The Labute approximate surface area is 232 Å². The smallest absolute Gasteiger partial charge is 0.264 e. The van der Waals surface area contributed by atoms with E-state index in [1.54, 1.807) is 84.9 Å². The van der Waals surface area contributed by atoms with Crippen molar-refractivity contribution in [3.8, 4) is 5.75 Å². The van der Waals surface area contributed by atoms with Crippen LogP contribution in [-0.4, -0.2) is 20.9 Å². The van der Waals surface area contributed by atoms with Gasteiger partial charge in [-0.25, -0.2) is 8.42 Å². The maximum atomic E-state index is 13.6. The Kier molecular flexibility index (Phi) is 8.62. The molecular weight excluding hydrogens is 543 g/mol. The van der Waals surface area contributed by atoms with Crippen molar-refractivity contribution >= 4 is 50.5 Å². The predicted molar refractivity (Wildman–Crippen MR) is 153 cm³/mol. The molecule has 0 unspecified atom stereocenters. The lowest BCUT2D eigenvalue weighted by Gasteiger charge is -2.25. The average Bonchev–Trinajstić information content (AvgIpc) is 2.90. The second-order valence-electron chi connectivity index (χ2n) is 8.74. The van der Waals surface area contributed by atoms with E-state index < -0.39 is 10.0 Å². The minimum absolute atomic E-state index is 0.106. The first-order valence-corrected chi connectivity index (χ1v) is 13.9. The molecule has 0 aliphatic rings. The highest BCUT2D eigenvalue weighted by atomic mass is 35.5. The highest BCUT2D eigenvalue weighted by Crippen LogP contribution is 2.28. The van der Waals surface area contributed by atoms with Crippen molar-refractivity contribution in [2.24, 2.45) is 0 Å². The van der Waals surface area contributed by atoms with Gasteiger partial charge < -0.3 is 10.1 Å². The maximum Gasteiger partial charge on any atom is 0.264 e. The Balaban J connectivity index is 1.52. The van der Waals surface area contributed by atoms with E-state index in [4.69, 9.17) is 27.9 Å². The van der Waals surface area contributed by atoms with Crippen LogP contribution < -0.4 is 14.4 Å². The molecule has 0 bridgehead atoms. The van der Waals surface area contributed by atoms with Crippen LogP contribution in [0.5, 0.6) is 5.75 Å². The highest BCUT2D eigenvalue weighted by Gasteiger charge is 2.25. The standard InChI is InChI=1S/C29H26Cl2N2O4S/c1-20-3-15-27(16-4-20)38(35,36)33(18-22-6-9-23(30)10-7-22)25-11-13-26(14-12-25)37-19-29(34)32-28-17-24(31)8-5-21(28)2/h3-17H,18-19H2,1-2H3,(H,32,34). The maximum absolute atomic E-state index is 13.6. The molecule has 0 aromatic heterocycles. The van der Waals surface area contributed by atoms with Gasteiger partial charge >= 0.3 is 0 Å². The summed E-state index contributed by atoms with van der Waals surface area (Å²) in [7, 11) is -3.88. The first kappa shape index (κ1) is 27.5. The number of carbonyl (C=O) groups excluding carboxylic acids is 1. The van der Waals surface area contributed by atoms with Crippen LogP contribution in [0.3, 0.4) is 0 Å². The molecule has 0 atom stereocenters. The summed E-state index contributed by atoms with van der Waals surface area (Å²) >= 11 is 12.0. The Bertz CT molecular complexity index is 1520. The Morgan fingerprint density at radius 2 is 1.47 bits per heavy atom. The summed E-state index contributed by atoms with van der Waals surface area (Å²) in [5, 5.41) is 3.87. The van der Waals surface area contributed by atoms with Crippen LogP contribution in [0.25, 0.3) is 0 Å². The number of rotatable bonds is 9. The predicted octanol–water partition coefficient (Wildman–Crippen LogP) is 7.02. The van der Waals surface area contributed by atoms with E-state index in [0.717, 1.165) is 16.7 Å². The molecule has 4 aromatic rings. The lowest BCUT2D eigenvalue weighted by molar-refractivity contribution is -0.118. The summed E-state index contributed by atoms with van der Waals surface area (Å²) < 4.78 is 34.3. The molecule has 4 rings (SSSR count). The van der Waals surface area contributed by atoms with Gasteiger partial charge in [0, 0.05) is 15.7 Å². The summed E-state index contributed by atoms with van der Waals surface area (Å²) in [5.41, 5.74) is 3.68. The largest absolute Gasteiger partial charge is 0.484 e. The second kappa shape index (κ2) is 11.9. The third-order valence-corrected chi connectivity index (χ3v) is 8.09. The Morgan fingerprint density at radius 1 is 0.842 bits per heavy atom. The highest BCUT2D eigenvalue weighted by molar-refractivity contribution is 7.92. The van der Waals surface area contributed by atoms with Gasteiger partial charge in [0.25, 0.3) is 15.9 Å². The number of sulfonamides is 1. The molecule has 0 saturated heterocycles. The lowest BCUT2D eigenvalue weighted by atomic mass is 10.2. The van der Waals surface area contributed by atoms with Crippen LogP contribution in [0, 0.1) is 13.8 Å². The minimum atomic E-state index is -3.88. The van der Waals surface area contributed by atoms with Crippen LogP contribution >= 0.6 is 23.2 Å². The molecule has 0 aliphatic heterocycles. The van der Waals surface area contributed by atoms with E-state index in [2.05, 4.69) is 5.32 Å². The topological polar surface area (TPSA) is 75.7 Å². The molecule has 1 N–H and O–H groups in total. The zero-order valence-electron chi connectivity index (χ0n) is 20.8. The minimum Gasteiger partial charge on any atom is -0.484 e. The number of ether oxygens (including phenoxy) is 1. The number of halogens is 2. The van der Waals surface area contributed by atoms with Crippen molar-refractivity contribution in [1.82, 2.24) is 0 Å². The summed E-state index contributed by atoms with van der Waals surface area (Å²) in [6, 6.07) is 25.5. The van der Waals surface area contributed by atoms with E-state index in [1.807, 2.05) is 19.9 Å². The molecule has 0 saturated carbocycles. The van der Waals surface area contributed by atoms with Crippen molar-refractivity contribution in [2.45, 2.75) is 25.3 Å². The van der Waals surface area contributed by atoms with Crippen molar-refractivity contribution < 1.29 is 17.9 Å². The molecule has 1 amide bonds. The third-order valence-electron chi connectivity index (χ3n) is 5.82. The zero-order chi connectivity index (χ0) is 27.3. The molecule has 0 fully saturated rings. The van der Waals surface area contributed by atoms with E-state index in [0.29, 0.717) is 27.2 Å². The molecule has 0 spiro atoms. The van der Waals surface area contributed by atoms with Gasteiger partial charge in [0.05, 0.1) is 17.1 Å². The molecular formula is C29H26Cl2N2O4S. The number of amides is 1. The number of carbonyl (C=O) groups is 1. The van der Waals surface area contributed by atoms with E-state index in [-0.39, 0.29) is 24.0 Å². The van der Waals surface area contributed by atoms with Crippen molar-refractivity contribution in [1.29, 1.82) is 0 Å². The normalized spacial score (nSPS) is 11.2. The van der Waals surface area contributed by atoms with Crippen molar-refractivity contribution in [3.05, 3.63) is 118 Å². The van der Waals surface area contributed by atoms with Gasteiger partial charge in [0.2, 0.25) is 0 Å². The van der Waals surface area contributed by atoms with Gasteiger partial charge in [0.15, 0.2) is 6.61 Å². The Hall–Kier alpha value is -3.52. The van der Waals surface area contributed by atoms with Crippen molar-refractivity contribution in [2.75, 3.05) is 16.2 Å². The number of hydrogen-bond acceptors (Lipinski definition) is 4. The summed E-state index contributed by atoms with van der Waals surface area (Å²) in [6.07, 6.45) is 0. The van der Waals surface area contributed by atoms with Gasteiger partial charge in [-0.3, -0.25) is 9.10 Å². The number of anilines is 2. The second-order valence-corrected chi connectivity index (χ2v) is 11.5. The molecule has 0 radical (unpaired) electrons. The summed E-state index contributed by atoms with van der Waals surface area (Å²) in [6.45, 7) is 3.65. The fraction of sp³-hybridized carbons (Fsp3) is 0.138. The lowest BCUT2D eigenvalue weighted by Crippen LogP contribution is -2.30. The van der Waals surface area contributed by atoms with Crippen LogP contribution in [-0.2, 0) is 21.4 Å². The quantitative estimate of drug-likeness (QED) is 0.235. The third kappa shape index (κ3) is 6.86. The van der Waals surface area contributed by atoms with E-state index >= 15 is 0 Å². The van der Waals surface area contributed by atoms with Gasteiger partial charge in [-0.05, 0) is 85.6 Å². The van der Waals surface area contributed by atoms with E-state index in [1.165, 1.54) is 4.31 Å². The number of benzene rings is 4. The molecule has 9 heteroatoms. The van der Waals surface area contributed by atoms with Crippen LogP contribution in [0.15, 0.2) is 95.9 Å². The number of hydrogen-bond donors (Lipinski definition) is 1. The molecule has 0 aliphatic carbocycles. The van der Waals surface area contributed by atoms with Gasteiger partial charge in [-0.15, -0.1) is 0 Å². The number of nitrogens with zero attached hydrogens (tertiary/aromatic N) is 1. The van der Waals surface area contributed by atoms with E-state index in [9.17, 15) is 13.2 Å². The zero-order valence-corrected chi connectivity index (χ0v) is 23.1. The van der Waals surface area contributed by atoms with Gasteiger partial charge in [-0.2, -0.15) is 0 Å². The Morgan fingerprint density at radius 3 is 2.13 bits per heavy atom. The van der Waals surface area contributed by atoms with Gasteiger partial charge in [0.1, 0.15) is 5.75 Å². The fourth-order valence-corrected chi connectivity index (χ4v) is 5.43. The number of aryl methyl sites for hydroxylation is 2. The SMILES string of the molecule is Cc1ccc(S(=O)(=O)N(Cc2ccc(Cl)cc2)c2ccc(OCC(=O)Nc3cc(Cl)ccc3C)cc2)cc1. The molecule has 0 heterocycles. The molecule has 196 valence electrons.